The van der Waals surface area contributed by atoms with Gasteiger partial charge < -0.3 is 4.74 Å². The van der Waals surface area contributed by atoms with E-state index in [0.717, 1.165) is 5.57 Å². The summed E-state index contributed by atoms with van der Waals surface area (Å²) in [5.74, 6) is -0.309. The van der Waals surface area contributed by atoms with E-state index in [1.807, 2.05) is 19.9 Å². The van der Waals surface area contributed by atoms with Crippen LogP contribution in [0.2, 0.25) is 0 Å². The van der Waals surface area contributed by atoms with Crippen molar-refractivity contribution in [2.75, 3.05) is 0 Å². The molecule has 2 amide bonds. The molecule has 100 valence electrons. The molecule has 0 aromatic carbocycles. The minimum Gasteiger partial charge on any atom is -0.443 e. The number of carbonyl (C=O) groups excluding carboxylic acids is 2. The lowest BCUT2D eigenvalue weighted by atomic mass is 10.1. The predicted molar refractivity (Wildman–Crippen MR) is 70.1 cm³/mol. The Morgan fingerprint density at radius 3 is 2.56 bits per heavy atom. The number of carbonyl (C=O) groups is 2. The Hall–Kier alpha value is -1.58. The molecule has 0 saturated heterocycles. The number of ether oxygens (including phenoxy) is 1. The van der Waals surface area contributed by atoms with Crippen molar-refractivity contribution in [3.05, 3.63) is 23.8 Å². The Bertz CT molecular complexity index is 398. The molecule has 1 heterocycles. The molecule has 0 aliphatic carbocycles. The average molecular weight is 251 g/mol. The van der Waals surface area contributed by atoms with Gasteiger partial charge in [-0.15, -0.1) is 0 Å². The van der Waals surface area contributed by atoms with Gasteiger partial charge in [-0.3, -0.25) is 4.79 Å². The molecule has 0 fully saturated rings. The molecule has 0 bridgehead atoms. The molecule has 4 heteroatoms. The van der Waals surface area contributed by atoms with E-state index in [2.05, 4.69) is 0 Å². The zero-order valence-corrected chi connectivity index (χ0v) is 11.7. The maximum atomic E-state index is 11.9. The van der Waals surface area contributed by atoms with E-state index < -0.39 is 11.7 Å². The highest BCUT2D eigenvalue weighted by molar-refractivity contribution is 6.01. The van der Waals surface area contributed by atoms with Crippen LogP contribution in [0, 0.1) is 0 Å². The number of imide groups is 1. The Morgan fingerprint density at radius 1 is 1.44 bits per heavy atom. The van der Waals surface area contributed by atoms with Gasteiger partial charge in [-0.05, 0) is 41.0 Å². The van der Waals surface area contributed by atoms with E-state index >= 15 is 0 Å². The summed E-state index contributed by atoms with van der Waals surface area (Å²) in [6.45, 7) is 9.31. The van der Waals surface area contributed by atoms with Crippen molar-refractivity contribution in [3.63, 3.8) is 0 Å². The standard InChI is InChI=1S/C14H21NO3/c1-10(2)6-7-11-8-9-12(16)15(11)13(17)18-14(3,4)5/h6,8-9,11H,7H2,1-5H3. The Balaban J connectivity index is 2.75. The van der Waals surface area contributed by atoms with Gasteiger partial charge in [-0.2, -0.15) is 0 Å². The van der Waals surface area contributed by atoms with Crippen LogP contribution in [-0.2, 0) is 9.53 Å². The first-order valence-electron chi connectivity index (χ1n) is 6.08. The van der Waals surface area contributed by atoms with Gasteiger partial charge in [-0.25, -0.2) is 9.69 Å². The number of hydrogen-bond donors (Lipinski definition) is 0. The maximum absolute atomic E-state index is 11.9. The number of nitrogens with zero attached hydrogens (tertiary/aromatic N) is 1. The molecule has 1 atom stereocenters. The van der Waals surface area contributed by atoms with Crippen LogP contribution in [-0.4, -0.2) is 28.5 Å². The van der Waals surface area contributed by atoms with E-state index in [1.54, 1.807) is 26.8 Å². The molecule has 0 N–H and O–H groups in total. The molecular weight excluding hydrogens is 230 g/mol. The summed E-state index contributed by atoms with van der Waals surface area (Å²) in [4.78, 5) is 24.8. The average Bonchev–Trinajstić information content (AvgIpc) is 2.53. The largest absolute Gasteiger partial charge is 0.443 e. The van der Waals surface area contributed by atoms with E-state index in [4.69, 9.17) is 4.74 Å². The number of amides is 2. The summed E-state index contributed by atoms with van der Waals surface area (Å²) in [7, 11) is 0. The third-order valence-corrected chi connectivity index (χ3v) is 2.39. The van der Waals surface area contributed by atoms with E-state index in [-0.39, 0.29) is 11.9 Å². The van der Waals surface area contributed by atoms with Crippen molar-refractivity contribution in [3.8, 4) is 0 Å². The Labute approximate surface area is 108 Å². The minimum absolute atomic E-state index is 0.234. The quantitative estimate of drug-likeness (QED) is 0.709. The van der Waals surface area contributed by atoms with Crippen LogP contribution in [0.4, 0.5) is 4.79 Å². The van der Waals surface area contributed by atoms with Crippen LogP contribution < -0.4 is 0 Å². The SMILES string of the molecule is CC(C)=CCC1C=CC(=O)N1C(=O)OC(C)(C)C. The van der Waals surface area contributed by atoms with Gasteiger partial charge in [0.1, 0.15) is 5.60 Å². The first kappa shape index (κ1) is 14.5. The van der Waals surface area contributed by atoms with Gasteiger partial charge in [0.2, 0.25) is 0 Å². The van der Waals surface area contributed by atoms with E-state index in [0.29, 0.717) is 6.42 Å². The third kappa shape index (κ3) is 4.02. The monoisotopic (exact) mass is 251 g/mol. The molecule has 0 aromatic rings. The molecule has 1 rings (SSSR count). The first-order valence-corrected chi connectivity index (χ1v) is 6.08. The highest BCUT2D eigenvalue weighted by Crippen LogP contribution is 2.19. The van der Waals surface area contributed by atoms with Gasteiger partial charge in [0, 0.05) is 6.08 Å². The zero-order chi connectivity index (χ0) is 13.9. The molecule has 0 aromatic heterocycles. The molecule has 0 saturated carbocycles. The third-order valence-electron chi connectivity index (χ3n) is 2.39. The number of rotatable bonds is 2. The second kappa shape index (κ2) is 5.38. The van der Waals surface area contributed by atoms with Crippen molar-refractivity contribution >= 4 is 12.0 Å². The molecule has 1 aliphatic rings. The highest BCUT2D eigenvalue weighted by atomic mass is 16.6. The summed E-state index contributed by atoms with van der Waals surface area (Å²) in [5, 5.41) is 0. The van der Waals surface area contributed by atoms with Gasteiger partial charge in [0.05, 0.1) is 6.04 Å². The van der Waals surface area contributed by atoms with Crippen molar-refractivity contribution < 1.29 is 14.3 Å². The van der Waals surface area contributed by atoms with Gasteiger partial charge in [0.25, 0.3) is 5.91 Å². The number of allylic oxidation sites excluding steroid dienone is 1. The Morgan fingerprint density at radius 2 is 2.06 bits per heavy atom. The number of hydrogen-bond acceptors (Lipinski definition) is 3. The second-order valence-electron chi connectivity index (χ2n) is 5.63. The Kier molecular flexibility index (Phi) is 4.33. The summed E-state index contributed by atoms with van der Waals surface area (Å²) in [6.07, 6.45) is 5.22. The van der Waals surface area contributed by atoms with Crippen molar-refractivity contribution in [2.45, 2.75) is 52.7 Å². The van der Waals surface area contributed by atoms with Crippen molar-refractivity contribution in [2.24, 2.45) is 0 Å². The predicted octanol–water partition coefficient (Wildman–Crippen LogP) is 3.04. The summed E-state index contributed by atoms with van der Waals surface area (Å²) < 4.78 is 5.23. The molecule has 0 spiro atoms. The fourth-order valence-electron chi connectivity index (χ4n) is 1.60. The van der Waals surface area contributed by atoms with Crippen LogP contribution in [0.3, 0.4) is 0 Å². The second-order valence-corrected chi connectivity index (χ2v) is 5.63. The molecule has 1 aliphatic heterocycles. The molecule has 18 heavy (non-hydrogen) atoms. The lowest BCUT2D eigenvalue weighted by Crippen LogP contribution is -2.42. The maximum Gasteiger partial charge on any atom is 0.417 e. The fourth-order valence-corrected chi connectivity index (χ4v) is 1.60. The van der Waals surface area contributed by atoms with Crippen molar-refractivity contribution in [1.82, 2.24) is 4.90 Å². The van der Waals surface area contributed by atoms with Crippen molar-refractivity contribution in [1.29, 1.82) is 0 Å². The van der Waals surface area contributed by atoms with Crippen LogP contribution in [0.15, 0.2) is 23.8 Å². The molecule has 4 nitrogen and oxygen atoms in total. The summed E-state index contributed by atoms with van der Waals surface area (Å²) >= 11 is 0. The van der Waals surface area contributed by atoms with Gasteiger partial charge in [0.15, 0.2) is 0 Å². The van der Waals surface area contributed by atoms with E-state index in [9.17, 15) is 9.59 Å². The zero-order valence-electron chi connectivity index (χ0n) is 11.7. The lowest BCUT2D eigenvalue weighted by molar-refractivity contribution is -0.125. The van der Waals surface area contributed by atoms with Gasteiger partial charge in [-0.1, -0.05) is 17.7 Å². The van der Waals surface area contributed by atoms with Gasteiger partial charge >= 0.3 is 6.09 Å². The first-order chi connectivity index (χ1) is 8.20. The summed E-state index contributed by atoms with van der Waals surface area (Å²) in [6, 6.07) is -0.234. The van der Waals surface area contributed by atoms with Crippen LogP contribution >= 0.6 is 0 Å². The lowest BCUT2D eigenvalue weighted by Gasteiger charge is -2.26. The normalized spacial score (nSPS) is 19.1. The fraction of sp³-hybridized carbons (Fsp3) is 0.571. The molecule has 1 unspecified atom stereocenters. The van der Waals surface area contributed by atoms with E-state index in [1.165, 1.54) is 11.0 Å². The molecule has 0 radical (unpaired) electrons. The topological polar surface area (TPSA) is 46.6 Å². The van der Waals surface area contributed by atoms with Crippen LogP contribution in [0.1, 0.15) is 41.0 Å². The van der Waals surface area contributed by atoms with Crippen LogP contribution in [0.25, 0.3) is 0 Å². The molecular formula is C14H21NO3. The highest BCUT2D eigenvalue weighted by Gasteiger charge is 2.34. The summed E-state index contributed by atoms with van der Waals surface area (Å²) in [5.41, 5.74) is 0.563. The minimum atomic E-state index is -0.596. The smallest absolute Gasteiger partial charge is 0.417 e. The van der Waals surface area contributed by atoms with Crippen LogP contribution in [0.5, 0.6) is 0 Å².